The summed E-state index contributed by atoms with van der Waals surface area (Å²) in [5, 5.41) is 8.81. The van der Waals surface area contributed by atoms with Gasteiger partial charge in [-0.1, -0.05) is 61.0 Å². The number of rotatable bonds is 7. The van der Waals surface area contributed by atoms with Crippen molar-refractivity contribution in [3.05, 3.63) is 102 Å². The molecule has 0 radical (unpaired) electrons. The second kappa shape index (κ2) is 10.0. The molecule has 0 aliphatic rings. The van der Waals surface area contributed by atoms with E-state index in [-0.39, 0.29) is 12.5 Å². The molecule has 0 saturated heterocycles. The van der Waals surface area contributed by atoms with E-state index in [2.05, 4.69) is 37.4 Å². The van der Waals surface area contributed by atoms with Crippen LogP contribution in [-0.2, 0) is 11.2 Å². The number of hydrogen-bond donors (Lipinski definition) is 1. The lowest BCUT2D eigenvalue weighted by Gasteiger charge is -2.10. The lowest BCUT2D eigenvalue weighted by atomic mass is 10.0. The van der Waals surface area contributed by atoms with Gasteiger partial charge in [-0.3, -0.25) is 4.79 Å². The second-order valence-corrected chi connectivity index (χ2v) is 8.83. The number of ether oxygens (including phenoxy) is 1. The molecule has 5 rings (SSSR count). The Kier molecular flexibility index (Phi) is 6.50. The second-order valence-electron chi connectivity index (χ2n) is 8.83. The van der Waals surface area contributed by atoms with Crippen molar-refractivity contribution in [3.63, 3.8) is 0 Å². The molecule has 5 aromatic rings. The molecule has 0 fully saturated rings. The number of fused-ring (bicyclic) bond motifs is 1. The SMILES string of the molecule is CCc1cccc(NC(=O)COc2cc(C)c3c(-c4cccc(C)c4)nn(-c4ccccc4)c3n2)c1. The molecule has 6 nitrogen and oxygen atoms in total. The molecule has 36 heavy (non-hydrogen) atoms. The summed E-state index contributed by atoms with van der Waals surface area (Å²) in [4.78, 5) is 17.3. The predicted octanol–water partition coefficient (Wildman–Crippen LogP) is 6.28. The van der Waals surface area contributed by atoms with Gasteiger partial charge in [-0.05, 0) is 61.7 Å². The van der Waals surface area contributed by atoms with Crippen LogP contribution in [0, 0.1) is 13.8 Å². The third-order valence-corrected chi connectivity index (χ3v) is 6.07. The van der Waals surface area contributed by atoms with Crippen LogP contribution in [0.3, 0.4) is 0 Å². The minimum absolute atomic E-state index is 0.140. The Morgan fingerprint density at radius 3 is 2.53 bits per heavy atom. The lowest BCUT2D eigenvalue weighted by Crippen LogP contribution is -2.20. The highest BCUT2D eigenvalue weighted by Gasteiger charge is 2.19. The summed E-state index contributed by atoms with van der Waals surface area (Å²) in [6.45, 7) is 6.03. The van der Waals surface area contributed by atoms with Gasteiger partial charge in [0, 0.05) is 17.3 Å². The summed E-state index contributed by atoms with van der Waals surface area (Å²) in [5.41, 5.74) is 7.54. The van der Waals surface area contributed by atoms with Crippen molar-refractivity contribution >= 4 is 22.6 Å². The number of para-hydroxylation sites is 1. The number of pyridine rings is 1. The normalized spacial score (nSPS) is 11.0. The topological polar surface area (TPSA) is 69.0 Å². The van der Waals surface area contributed by atoms with Crippen LogP contribution in [-0.4, -0.2) is 27.3 Å². The average Bonchev–Trinajstić information content (AvgIpc) is 3.28. The number of nitrogens with zero attached hydrogens (tertiary/aromatic N) is 3. The number of benzene rings is 3. The number of aromatic nitrogens is 3. The van der Waals surface area contributed by atoms with Crippen molar-refractivity contribution in [1.29, 1.82) is 0 Å². The van der Waals surface area contributed by atoms with E-state index in [1.54, 1.807) is 0 Å². The number of carbonyl (C=O) groups is 1. The number of anilines is 1. The minimum atomic E-state index is -0.236. The van der Waals surface area contributed by atoms with Gasteiger partial charge in [-0.2, -0.15) is 10.1 Å². The number of nitrogens with one attached hydrogen (secondary N) is 1. The van der Waals surface area contributed by atoms with Gasteiger partial charge in [0.25, 0.3) is 5.91 Å². The molecule has 6 heteroatoms. The first-order valence-electron chi connectivity index (χ1n) is 12.1. The van der Waals surface area contributed by atoms with Crippen LogP contribution < -0.4 is 10.1 Å². The monoisotopic (exact) mass is 476 g/mol. The van der Waals surface area contributed by atoms with Crippen molar-refractivity contribution in [2.24, 2.45) is 0 Å². The van der Waals surface area contributed by atoms with E-state index >= 15 is 0 Å². The molecule has 2 heterocycles. The van der Waals surface area contributed by atoms with E-state index in [0.717, 1.165) is 51.1 Å². The molecule has 1 amide bonds. The molecule has 0 aliphatic carbocycles. The largest absolute Gasteiger partial charge is 0.467 e. The Bertz CT molecular complexity index is 1540. The summed E-state index contributed by atoms with van der Waals surface area (Å²) in [7, 11) is 0. The van der Waals surface area contributed by atoms with Gasteiger partial charge in [-0.25, -0.2) is 4.68 Å². The molecule has 1 N–H and O–H groups in total. The molecule has 0 spiro atoms. The van der Waals surface area contributed by atoms with Gasteiger partial charge in [0.05, 0.1) is 11.1 Å². The van der Waals surface area contributed by atoms with Crippen molar-refractivity contribution < 1.29 is 9.53 Å². The maximum atomic E-state index is 12.6. The Labute approximate surface area is 210 Å². The summed E-state index contributed by atoms with van der Waals surface area (Å²) >= 11 is 0. The zero-order valence-electron chi connectivity index (χ0n) is 20.7. The number of hydrogen-bond acceptors (Lipinski definition) is 4. The third kappa shape index (κ3) is 4.84. The molecule has 2 aromatic heterocycles. The highest BCUT2D eigenvalue weighted by molar-refractivity contribution is 5.95. The van der Waals surface area contributed by atoms with Crippen molar-refractivity contribution in [2.45, 2.75) is 27.2 Å². The summed E-state index contributed by atoms with van der Waals surface area (Å²) in [5.74, 6) is 0.144. The van der Waals surface area contributed by atoms with E-state index in [1.807, 2.05) is 78.3 Å². The van der Waals surface area contributed by atoms with Gasteiger partial charge in [0.2, 0.25) is 5.88 Å². The van der Waals surface area contributed by atoms with Crippen LogP contribution in [0.15, 0.2) is 84.9 Å². The molecule has 0 atom stereocenters. The molecular weight excluding hydrogens is 448 g/mol. The van der Waals surface area contributed by atoms with E-state index in [4.69, 9.17) is 14.8 Å². The first-order valence-corrected chi connectivity index (χ1v) is 12.1. The summed E-state index contributed by atoms with van der Waals surface area (Å²) < 4.78 is 7.68. The first-order chi connectivity index (χ1) is 17.5. The fourth-order valence-electron chi connectivity index (χ4n) is 4.29. The van der Waals surface area contributed by atoms with Crippen LogP contribution in [0.25, 0.3) is 28.0 Å². The smallest absolute Gasteiger partial charge is 0.262 e. The fraction of sp³-hybridized carbons (Fsp3) is 0.167. The molecule has 0 aliphatic heterocycles. The summed E-state index contributed by atoms with van der Waals surface area (Å²) in [6, 6.07) is 27.9. The molecule has 180 valence electrons. The molecular formula is C30H28N4O2. The van der Waals surface area contributed by atoms with E-state index in [1.165, 1.54) is 0 Å². The van der Waals surface area contributed by atoms with E-state index in [9.17, 15) is 4.79 Å². The van der Waals surface area contributed by atoms with Crippen molar-refractivity contribution in [1.82, 2.24) is 14.8 Å². The zero-order valence-corrected chi connectivity index (χ0v) is 20.7. The van der Waals surface area contributed by atoms with Gasteiger partial charge < -0.3 is 10.1 Å². The first kappa shape index (κ1) is 23.3. The number of aryl methyl sites for hydroxylation is 3. The van der Waals surface area contributed by atoms with Crippen LogP contribution >= 0.6 is 0 Å². The van der Waals surface area contributed by atoms with Gasteiger partial charge >= 0.3 is 0 Å². The van der Waals surface area contributed by atoms with Gasteiger partial charge in [0.15, 0.2) is 12.3 Å². The highest BCUT2D eigenvalue weighted by atomic mass is 16.5. The third-order valence-electron chi connectivity index (χ3n) is 6.07. The van der Waals surface area contributed by atoms with Crippen molar-refractivity contribution in [2.75, 3.05) is 11.9 Å². The molecule has 3 aromatic carbocycles. The Balaban J connectivity index is 1.48. The van der Waals surface area contributed by atoms with Crippen LogP contribution in [0.5, 0.6) is 5.88 Å². The number of carbonyl (C=O) groups excluding carboxylic acids is 1. The molecule has 0 saturated carbocycles. The van der Waals surface area contributed by atoms with Gasteiger partial charge in [-0.15, -0.1) is 0 Å². The maximum Gasteiger partial charge on any atom is 0.262 e. The van der Waals surface area contributed by atoms with Crippen LogP contribution in [0.2, 0.25) is 0 Å². The standard InChI is InChI=1S/C30H28N4O2/c1-4-22-11-9-13-24(18-22)31-26(35)19-36-27-17-21(3)28-29(23-12-8-10-20(2)16-23)33-34(30(28)32-27)25-14-6-5-7-15-25/h5-18H,4,19H2,1-3H3,(H,31,35). The predicted molar refractivity (Wildman–Crippen MR) is 144 cm³/mol. The van der Waals surface area contributed by atoms with Crippen LogP contribution in [0.1, 0.15) is 23.6 Å². The molecule has 0 unspecified atom stereocenters. The zero-order chi connectivity index (χ0) is 25.1. The van der Waals surface area contributed by atoms with Crippen molar-refractivity contribution in [3.8, 4) is 22.8 Å². The Hall–Kier alpha value is -4.45. The maximum absolute atomic E-state index is 12.6. The highest BCUT2D eigenvalue weighted by Crippen LogP contribution is 2.33. The Morgan fingerprint density at radius 2 is 1.75 bits per heavy atom. The fourth-order valence-corrected chi connectivity index (χ4v) is 4.29. The minimum Gasteiger partial charge on any atom is -0.467 e. The average molecular weight is 477 g/mol. The van der Waals surface area contributed by atoms with Crippen LogP contribution in [0.4, 0.5) is 5.69 Å². The molecule has 0 bridgehead atoms. The number of amides is 1. The van der Waals surface area contributed by atoms with Gasteiger partial charge in [0.1, 0.15) is 5.69 Å². The Morgan fingerprint density at radius 1 is 0.944 bits per heavy atom. The quantitative estimate of drug-likeness (QED) is 0.300. The van der Waals surface area contributed by atoms with E-state index in [0.29, 0.717) is 11.5 Å². The lowest BCUT2D eigenvalue weighted by molar-refractivity contribution is -0.118. The van der Waals surface area contributed by atoms with E-state index < -0.39 is 0 Å². The summed E-state index contributed by atoms with van der Waals surface area (Å²) in [6.07, 6.45) is 0.906.